The second-order valence-electron chi connectivity index (χ2n) is 9.20. The van der Waals surface area contributed by atoms with Crippen molar-refractivity contribution in [3.05, 3.63) is 0 Å². The van der Waals surface area contributed by atoms with E-state index in [9.17, 15) is 4.79 Å². The highest BCUT2D eigenvalue weighted by Crippen LogP contribution is 2.29. The van der Waals surface area contributed by atoms with Crippen molar-refractivity contribution in [1.29, 1.82) is 0 Å². The second kappa shape index (κ2) is 21.2. The Kier molecular flexibility index (Phi) is 20.8. The molecule has 0 aromatic carbocycles. The maximum absolute atomic E-state index is 10.6. The molecule has 0 aromatic rings. The molecule has 1 N–H and O–H groups in total. The van der Waals surface area contributed by atoms with Crippen molar-refractivity contribution >= 4 is 5.97 Å². The van der Waals surface area contributed by atoms with Crippen LogP contribution in [0.2, 0.25) is 0 Å². The summed E-state index contributed by atoms with van der Waals surface area (Å²) < 4.78 is 0. The number of hydrogen-bond donors (Lipinski definition) is 1. The molecule has 0 saturated heterocycles. The molecular formula is C26H52O2. The molecule has 2 heteroatoms. The van der Waals surface area contributed by atoms with Crippen LogP contribution in [0.4, 0.5) is 0 Å². The Labute approximate surface area is 177 Å². The maximum Gasteiger partial charge on any atom is 0.303 e. The first kappa shape index (κ1) is 27.5. The molecule has 0 rings (SSSR count). The van der Waals surface area contributed by atoms with Crippen molar-refractivity contribution in [1.82, 2.24) is 0 Å². The van der Waals surface area contributed by atoms with Crippen LogP contribution in [-0.2, 0) is 4.79 Å². The maximum atomic E-state index is 10.6. The van der Waals surface area contributed by atoms with Gasteiger partial charge in [0.1, 0.15) is 0 Å². The first-order valence-electron chi connectivity index (χ1n) is 12.8. The summed E-state index contributed by atoms with van der Waals surface area (Å²) in [6, 6.07) is 0. The van der Waals surface area contributed by atoms with E-state index in [2.05, 4.69) is 20.8 Å². The SMILES string of the molecule is CCCCCCCCCCC(CCCCCCC(=O)O)C(C)CCCCCC. The summed E-state index contributed by atoms with van der Waals surface area (Å²) in [6.07, 6.45) is 25.8. The van der Waals surface area contributed by atoms with E-state index in [-0.39, 0.29) is 0 Å². The molecule has 2 unspecified atom stereocenters. The predicted octanol–water partition coefficient (Wildman–Crippen LogP) is 9.17. The lowest BCUT2D eigenvalue weighted by Crippen LogP contribution is -2.12. The molecule has 0 radical (unpaired) electrons. The molecule has 0 bridgehead atoms. The molecule has 0 spiro atoms. The van der Waals surface area contributed by atoms with Crippen LogP contribution in [0.3, 0.4) is 0 Å². The molecule has 0 fully saturated rings. The number of unbranched alkanes of at least 4 members (excludes halogenated alkanes) is 13. The van der Waals surface area contributed by atoms with Crippen LogP contribution < -0.4 is 0 Å². The minimum atomic E-state index is -0.645. The van der Waals surface area contributed by atoms with E-state index in [1.165, 1.54) is 109 Å². The molecule has 0 aliphatic rings. The zero-order chi connectivity index (χ0) is 20.9. The highest BCUT2D eigenvalue weighted by molar-refractivity contribution is 5.66. The summed E-state index contributed by atoms with van der Waals surface area (Å²) in [5.74, 6) is 1.11. The fourth-order valence-electron chi connectivity index (χ4n) is 4.42. The van der Waals surface area contributed by atoms with E-state index in [0.717, 1.165) is 24.7 Å². The standard InChI is InChI=1S/C26H52O2/c1-4-6-8-10-11-12-13-17-21-25(24(3)20-16-9-7-5-2)22-18-14-15-19-23-26(27)28/h24-25H,4-23H2,1-3H3,(H,27,28). The smallest absolute Gasteiger partial charge is 0.303 e. The van der Waals surface area contributed by atoms with Gasteiger partial charge in [-0.3, -0.25) is 4.79 Å². The largest absolute Gasteiger partial charge is 0.481 e. The molecule has 2 nitrogen and oxygen atoms in total. The summed E-state index contributed by atoms with van der Waals surface area (Å²) in [4.78, 5) is 10.6. The highest BCUT2D eigenvalue weighted by atomic mass is 16.4. The summed E-state index contributed by atoms with van der Waals surface area (Å²) in [7, 11) is 0. The molecule has 28 heavy (non-hydrogen) atoms. The van der Waals surface area contributed by atoms with Gasteiger partial charge in [-0.15, -0.1) is 0 Å². The van der Waals surface area contributed by atoms with Gasteiger partial charge in [0.05, 0.1) is 0 Å². The number of rotatable bonds is 22. The Morgan fingerprint density at radius 2 is 1.00 bits per heavy atom. The van der Waals surface area contributed by atoms with E-state index in [4.69, 9.17) is 5.11 Å². The second-order valence-corrected chi connectivity index (χ2v) is 9.20. The first-order chi connectivity index (χ1) is 13.6. The van der Waals surface area contributed by atoms with Gasteiger partial charge in [-0.25, -0.2) is 0 Å². The summed E-state index contributed by atoms with van der Waals surface area (Å²) in [5, 5.41) is 8.75. The van der Waals surface area contributed by atoms with Gasteiger partial charge in [0.2, 0.25) is 0 Å². The first-order valence-corrected chi connectivity index (χ1v) is 12.8. The summed E-state index contributed by atoms with van der Waals surface area (Å²) in [6.45, 7) is 7.07. The van der Waals surface area contributed by atoms with Gasteiger partial charge in [-0.05, 0) is 18.3 Å². The van der Waals surface area contributed by atoms with Gasteiger partial charge in [0.15, 0.2) is 0 Å². The van der Waals surface area contributed by atoms with Crippen LogP contribution in [0, 0.1) is 11.8 Å². The van der Waals surface area contributed by atoms with Crippen LogP contribution in [0.5, 0.6) is 0 Å². The fraction of sp³-hybridized carbons (Fsp3) is 0.962. The molecule has 0 amide bonds. The minimum Gasteiger partial charge on any atom is -0.481 e. The predicted molar refractivity (Wildman–Crippen MR) is 124 cm³/mol. The Hall–Kier alpha value is -0.530. The molecule has 0 aromatic heterocycles. The quantitative estimate of drug-likeness (QED) is 0.185. The van der Waals surface area contributed by atoms with Gasteiger partial charge >= 0.3 is 5.97 Å². The lowest BCUT2D eigenvalue weighted by atomic mass is 9.82. The topological polar surface area (TPSA) is 37.3 Å². The van der Waals surface area contributed by atoms with Crippen molar-refractivity contribution in [2.45, 2.75) is 149 Å². The Balaban J connectivity index is 4.01. The van der Waals surface area contributed by atoms with Crippen molar-refractivity contribution in [3.63, 3.8) is 0 Å². The number of hydrogen-bond acceptors (Lipinski definition) is 1. The number of carbonyl (C=O) groups is 1. The molecule has 0 saturated carbocycles. The van der Waals surface area contributed by atoms with E-state index in [1.54, 1.807) is 0 Å². The van der Waals surface area contributed by atoms with Crippen LogP contribution in [-0.4, -0.2) is 11.1 Å². The van der Waals surface area contributed by atoms with Gasteiger partial charge in [-0.1, -0.05) is 136 Å². The van der Waals surface area contributed by atoms with Crippen molar-refractivity contribution < 1.29 is 9.90 Å². The average Bonchev–Trinajstić information content (AvgIpc) is 2.67. The third-order valence-corrected chi connectivity index (χ3v) is 6.46. The van der Waals surface area contributed by atoms with Crippen molar-refractivity contribution in [3.8, 4) is 0 Å². The lowest BCUT2D eigenvalue weighted by Gasteiger charge is -2.24. The van der Waals surface area contributed by atoms with Crippen LogP contribution >= 0.6 is 0 Å². The third-order valence-electron chi connectivity index (χ3n) is 6.46. The number of aliphatic carboxylic acids is 1. The van der Waals surface area contributed by atoms with E-state index >= 15 is 0 Å². The van der Waals surface area contributed by atoms with Gasteiger partial charge in [0.25, 0.3) is 0 Å². The van der Waals surface area contributed by atoms with Gasteiger partial charge < -0.3 is 5.11 Å². The summed E-state index contributed by atoms with van der Waals surface area (Å²) >= 11 is 0. The fourth-order valence-corrected chi connectivity index (χ4v) is 4.42. The van der Waals surface area contributed by atoms with E-state index in [0.29, 0.717) is 6.42 Å². The zero-order valence-corrected chi connectivity index (χ0v) is 19.7. The average molecular weight is 397 g/mol. The van der Waals surface area contributed by atoms with Crippen LogP contribution in [0.1, 0.15) is 149 Å². The Morgan fingerprint density at radius 3 is 1.50 bits per heavy atom. The molecule has 2 atom stereocenters. The summed E-state index contributed by atoms with van der Waals surface area (Å²) in [5.41, 5.74) is 0. The van der Waals surface area contributed by atoms with Crippen molar-refractivity contribution in [2.24, 2.45) is 11.8 Å². The van der Waals surface area contributed by atoms with Crippen LogP contribution in [0.15, 0.2) is 0 Å². The molecular weight excluding hydrogens is 344 g/mol. The van der Waals surface area contributed by atoms with Crippen molar-refractivity contribution in [2.75, 3.05) is 0 Å². The van der Waals surface area contributed by atoms with Crippen LogP contribution in [0.25, 0.3) is 0 Å². The minimum absolute atomic E-state index is 0.343. The molecule has 0 heterocycles. The molecule has 168 valence electrons. The normalized spacial score (nSPS) is 13.5. The monoisotopic (exact) mass is 396 g/mol. The third kappa shape index (κ3) is 18.8. The molecule has 0 aliphatic heterocycles. The number of carboxylic acids is 1. The lowest BCUT2D eigenvalue weighted by molar-refractivity contribution is -0.137. The Bertz CT molecular complexity index is 326. The molecule has 0 aliphatic carbocycles. The zero-order valence-electron chi connectivity index (χ0n) is 19.7. The number of carboxylic acid groups (broad SMARTS) is 1. The highest BCUT2D eigenvalue weighted by Gasteiger charge is 2.16. The van der Waals surface area contributed by atoms with Gasteiger partial charge in [-0.2, -0.15) is 0 Å². The van der Waals surface area contributed by atoms with E-state index < -0.39 is 5.97 Å². The Morgan fingerprint density at radius 1 is 0.607 bits per heavy atom. The van der Waals surface area contributed by atoms with E-state index in [1.807, 2.05) is 0 Å². The van der Waals surface area contributed by atoms with Gasteiger partial charge in [0, 0.05) is 6.42 Å².